The molecule has 0 bridgehead atoms. The van der Waals surface area contributed by atoms with Crippen molar-refractivity contribution in [1.29, 1.82) is 0 Å². The lowest BCUT2D eigenvalue weighted by Crippen LogP contribution is -2.50. The van der Waals surface area contributed by atoms with E-state index in [2.05, 4.69) is 15.4 Å². The number of para-hydroxylation sites is 1. The molecule has 0 spiro atoms. The Kier molecular flexibility index (Phi) is 3.21. The predicted molar refractivity (Wildman–Crippen MR) is 79.6 cm³/mol. The molecule has 0 fully saturated rings. The fourth-order valence-electron chi connectivity index (χ4n) is 2.73. The number of nitrogens with zero attached hydrogens (tertiary/aromatic N) is 2. The maximum absolute atomic E-state index is 11.5. The standard InChI is InChI=1S/C14H20N2O2S/c1-10-13(15-19(5,17)18)14(2,3)11-8-6-7-9-12(11)16(10)4/h6-10H,1-5H3/b15-13+. The first-order chi connectivity index (χ1) is 8.64. The molecule has 1 aromatic rings. The summed E-state index contributed by atoms with van der Waals surface area (Å²) >= 11 is 0. The van der Waals surface area contributed by atoms with Crippen molar-refractivity contribution in [1.82, 2.24) is 0 Å². The second-order valence-corrected chi connectivity index (χ2v) is 7.29. The SMILES string of the molecule is CC1/C(=N\S(C)(=O)=O)C(C)(C)c2ccccc2N1C. The largest absolute Gasteiger partial charge is 0.366 e. The van der Waals surface area contributed by atoms with Crippen molar-refractivity contribution >= 4 is 21.4 Å². The van der Waals surface area contributed by atoms with Crippen LogP contribution in [0.2, 0.25) is 0 Å². The number of sulfonamides is 1. The summed E-state index contributed by atoms with van der Waals surface area (Å²) in [7, 11) is -1.42. The van der Waals surface area contributed by atoms with Gasteiger partial charge in [0.05, 0.1) is 18.0 Å². The summed E-state index contributed by atoms with van der Waals surface area (Å²) in [5.74, 6) is 0. The van der Waals surface area contributed by atoms with Crippen molar-refractivity contribution in [2.24, 2.45) is 4.40 Å². The Hall–Kier alpha value is -1.36. The summed E-state index contributed by atoms with van der Waals surface area (Å²) < 4.78 is 27.1. The molecule has 0 saturated heterocycles. The van der Waals surface area contributed by atoms with E-state index < -0.39 is 10.0 Å². The average molecular weight is 280 g/mol. The van der Waals surface area contributed by atoms with E-state index in [-0.39, 0.29) is 11.5 Å². The van der Waals surface area contributed by atoms with Crippen LogP contribution in [-0.2, 0) is 15.4 Å². The Bertz CT molecular complexity index is 633. The molecule has 0 amide bonds. The molecule has 0 radical (unpaired) electrons. The third kappa shape index (κ3) is 2.39. The van der Waals surface area contributed by atoms with Gasteiger partial charge in [0.2, 0.25) is 10.0 Å². The number of hydrogen-bond donors (Lipinski definition) is 0. The highest BCUT2D eigenvalue weighted by Gasteiger charge is 2.40. The molecule has 104 valence electrons. The Morgan fingerprint density at radius 3 is 2.42 bits per heavy atom. The molecule has 0 saturated carbocycles. The van der Waals surface area contributed by atoms with E-state index in [1.54, 1.807) is 0 Å². The van der Waals surface area contributed by atoms with Crippen LogP contribution in [0.3, 0.4) is 0 Å². The van der Waals surface area contributed by atoms with Crippen LogP contribution in [0.4, 0.5) is 5.69 Å². The molecular weight excluding hydrogens is 260 g/mol. The number of rotatable bonds is 1. The van der Waals surface area contributed by atoms with E-state index in [1.165, 1.54) is 0 Å². The zero-order chi connectivity index (χ0) is 14.4. The van der Waals surface area contributed by atoms with Crippen molar-refractivity contribution in [3.8, 4) is 0 Å². The second-order valence-electron chi connectivity index (χ2n) is 5.64. The molecule has 1 aliphatic heterocycles. The Labute approximate surface area is 115 Å². The van der Waals surface area contributed by atoms with Gasteiger partial charge in [-0.15, -0.1) is 0 Å². The summed E-state index contributed by atoms with van der Waals surface area (Å²) in [5, 5.41) is 0. The van der Waals surface area contributed by atoms with E-state index in [0.717, 1.165) is 17.5 Å². The summed E-state index contributed by atoms with van der Waals surface area (Å²) in [6, 6.07) is 8.03. The van der Waals surface area contributed by atoms with Crippen LogP contribution in [0.25, 0.3) is 0 Å². The molecule has 1 unspecified atom stereocenters. The van der Waals surface area contributed by atoms with Crippen molar-refractivity contribution in [2.75, 3.05) is 18.2 Å². The third-order valence-corrected chi connectivity index (χ3v) is 4.37. The maximum atomic E-state index is 11.5. The summed E-state index contributed by atoms with van der Waals surface area (Å²) in [4.78, 5) is 2.07. The molecule has 1 atom stereocenters. The van der Waals surface area contributed by atoms with Crippen LogP contribution < -0.4 is 4.90 Å². The maximum Gasteiger partial charge on any atom is 0.250 e. The molecule has 5 heteroatoms. The summed E-state index contributed by atoms with van der Waals surface area (Å²) in [5.41, 5.74) is 2.55. The quantitative estimate of drug-likeness (QED) is 0.792. The predicted octanol–water partition coefficient (Wildman–Crippen LogP) is 2.20. The van der Waals surface area contributed by atoms with E-state index in [9.17, 15) is 8.42 Å². The molecule has 1 aromatic carbocycles. The molecule has 19 heavy (non-hydrogen) atoms. The monoisotopic (exact) mass is 280 g/mol. The summed E-state index contributed by atoms with van der Waals surface area (Å²) in [6.45, 7) is 6.04. The lowest BCUT2D eigenvalue weighted by atomic mass is 9.73. The number of fused-ring (bicyclic) bond motifs is 1. The Balaban J connectivity index is 2.71. The minimum Gasteiger partial charge on any atom is -0.366 e. The topological polar surface area (TPSA) is 49.7 Å². The van der Waals surface area contributed by atoms with Crippen LogP contribution in [-0.4, -0.2) is 33.5 Å². The zero-order valence-electron chi connectivity index (χ0n) is 12.0. The van der Waals surface area contributed by atoms with Crippen LogP contribution >= 0.6 is 0 Å². The first-order valence-corrected chi connectivity index (χ1v) is 8.12. The van der Waals surface area contributed by atoms with Gasteiger partial charge in [-0.05, 0) is 18.6 Å². The first-order valence-electron chi connectivity index (χ1n) is 6.27. The number of hydrogen-bond acceptors (Lipinski definition) is 3. The van der Waals surface area contributed by atoms with Gasteiger partial charge in [0.1, 0.15) is 0 Å². The number of anilines is 1. The molecule has 2 rings (SSSR count). The third-order valence-electron chi connectivity index (χ3n) is 3.84. The second kappa shape index (κ2) is 4.34. The van der Waals surface area contributed by atoms with Crippen LogP contribution in [0, 0.1) is 0 Å². The van der Waals surface area contributed by atoms with Gasteiger partial charge in [-0.25, -0.2) is 8.42 Å². The number of benzene rings is 1. The van der Waals surface area contributed by atoms with E-state index >= 15 is 0 Å². The average Bonchev–Trinajstić information content (AvgIpc) is 2.31. The van der Waals surface area contributed by atoms with Gasteiger partial charge in [0.25, 0.3) is 0 Å². The van der Waals surface area contributed by atoms with Crippen LogP contribution in [0.1, 0.15) is 26.3 Å². The zero-order valence-corrected chi connectivity index (χ0v) is 12.8. The minimum atomic E-state index is -3.39. The Morgan fingerprint density at radius 2 is 1.84 bits per heavy atom. The van der Waals surface area contributed by atoms with Gasteiger partial charge in [-0.3, -0.25) is 0 Å². The van der Waals surface area contributed by atoms with Gasteiger partial charge in [-0.2, -0.15) is 4.40 Å². The van der Waals surface area contributed by atoms with Gasteiger partial charge in [0.15, 0.2) is 0 Å². The summed E-state index contributed by atoms with van der Waals surface area (Å²) in [6.07, 6.45) is 1.14. The fourth-order valence-corrected chi connectivity index (χ4v) is 3.47. The molecule has 0 aromatic heterocycles. The Morgan fingerprint density at radius 1 is 1.26 bits per heavy atom. The normalized spacial score (nSPS) is 24.4. The highest BCUT2D eigenvalue weighted by Crippen LogP contribution is 2.40. The van der Waals surface area contributed by atoms with Crippen molar-refractivity contribution < 1.29 is 8.42 Å². The molecular formula is C14H20N2O2S. The van der Waals surface area contributed by atoms with Gasteiger partial charge < -0.3 is 4.90 Å². The minimum absolute atomic E-state index is 0.0420. The van der Waals surface area contributed by atoms with Crippen molar-refractivity contribution in [2.45, 2.75) is 32.2 Å². The first kappa shape index (κ1) is 14.1. The highest BCUT2D eigenvalue weighted by molar-refractivity contribution is 7.89. The lowest BCUT2D eigenvalue weighted by Gasteiger charge is -2.43. The van der Waals surface area contributed by atoms with Gasteiger partial charge >= 0.3 is 0 Å². The van der Waals surface area contributed by atoms with Crippen molar-refractivity contribution in [3.63, 3.8) is 0 Å². The van der Waals surface area contributed by atoms with Crippen molar-refractivity contribution in [3.05, 3.63) is 29.8 Å². The van der Waals surface area contributed by atoms with Gasteiger partial charge in [-0.1, -0.05) is 32.0 Å². The molecule has 0 N–H and O–H groups in total. The van der Waals surface area contributed by atoms with E-state index in [1.807, 2.05) is 46.0 Å². The molecule has 1 heterocycles. The molecule has 4 nitrogen and oxygen atoms in total. The molecule has 0 aliphatic carbocycles. The van der Waals surface area contributed by atoms with E-state index in [0.29, 0.717) is 5.71 Å². The fraction of sp³-hybridized carbons (Fsp3) is 0.500. The van der Waals surface area contributed by atoms with Crippen LogP contribution in [0.15, 0.2) is 28.7 Å². The van der Waals surface area contributed by atoms with Crippen LogP contribution in [0.5, 0.6) is 0 Å². The smallest absolute Gasteiger partial charge is 0.250 e. The lowest BCUT2D eigenvalue weighted by molar-refractivity contribution is 0.598. The molecule has 1 aliphatic rings. The van der Waals surface area contributed by atoms with Gasteiger partial charge in [0, 0.05) is 18.2 Å². The highest BCUT2D eigenvalue weighted by atomic mass is 32.2. The van der Waals surface area contributed by atoms with E-state index in [4.69, 9.17) is 0 Å².